The number of amides is 3. The minimum absolute atomic E-state index is 0.121. The number of nitro benzene ring substituents is 1. The van der Waals surface area contributed by atoms with Crippen molar-refractivity contribution >= 4 is 39.3 Å². The number of imide groups is 1. The standard InChI is InChI=1S/C32H22BrN3O5/c33-19-15-13-18(14-16-19)17-34(30(37)24-11-5-6-12-25(24)36(40)41)35-31(38)28-26-20-7-1-2-8-21(20)27(29(28)32(35)39)23-10-4-3-9-22(23)26/h1-16,26-29H,17H2/t26?,27?,28-,29-/m1/s1. The van der Waals surface area contributed by atoms with E-state index in [4.69, 9.17) is 0 Å². The van der Waals surface area contributed by atoms with E-state index < -0.39 is 40.2 Å². The number of benzene rings is 4. The van der Waals surface area contributed by atoms with Crippen LogP contribution in [0.1, 0.15) is 50.0 Å². The zero-order valence-corrected chi connectivity index (χ0v) is 23.1. The molecule has 0 saturated carbocycles. The Bertz CT molecular complexity index is 1660. The van der Waals surface area contributed by atoms with Crippen LogP contribution in [-0.2, 0) is 16.1 Å². The van der Waals surface area contributed by atoms with Gasteiger partial charge in [0.2, 0.25) is 0 Å². The zero-order valence-electron chi connectivity index (χ0n) is 21.5. The molecule has 3 amide bonds. The molecule has 1 heterocycles. The van der Waals surface area contributed by atoms with Crippen LogP contribution in [0.5, 0.6) is 0 Å². The summed E-state index contributed by atoms with van der Waals surface area (Å²) in [6.07, 6.45) is 0. The smallest absolute Gasteiger partial charge is 0.272 e. The van der Waals surface area contributed by atoms with E-state index in [-0.39, 0.29) is 23.9 Å². The summed E-state index contributed by atoms with van der Waals surface area (Å²) in [5.41, 5.74) is 4.14. The first-order valence-corrected chi connectivity index (χ1v) is 14.0. The first-order valence-electron chi connectivity index (χ1n) is 13.2. The fourth-order valence-electron chi connectivity index (χ4n) is 6.85. The SMILES string of the molecule is O=C(c1ccccc1[N+](=O)[O-])N(Cc1ccc(Br)cc1)N1C(=O)[C@@H]2C3c4ccccc4C(c4ccccc43)[C@H]2C1=O. The molecule has 1 saturated heterocycles. The van der Waals surface area contributed by atoms with Gasteiger partial charge in [0.25, 0.3) is 23.4 Å². The van der Waals surface area contributed by atoms with E-state index in [2.05, 4.69) is 15.9 Å². The zero-order chi connectivity index (χ0) is 28.4. The Hall–Kier alpha value is -4.63. The molecular weight excluding hydrogens is 586 g/mol. The summed E-state index contributed by atoms with van der Waals surface area (Å²) >= 11 is 3.40. The Morgan fingerprint density at radius 3 is 1.71 bits per heavy atom. The normalized spacial score (nSPS) is 21.7. The van der Waals surface area contributed by atoms with Gasteiger partial charge in [-0.25, -0.2) is 5.01 Å². The third kappa shape index (κ3) is 3.76. The third-order valence-corrected chi connectivity index (χ3v) is 9.01. The Labute approximate surface area is 243 Å². The number of hydrogen-bond donors (Lipinski definition) is 0. The van der Waals surface area contributed by atoms with Crippen molar-refractivity contribution in [2.45, 2.75) is 18.4 Å². The molecule has 1 fully saturated rings. The molecule has 8 nitrogen and oxygen atoms in total. The number of hydrogen-bond acceptors (Lipinski definition) is 5. The molecule has 0 aromatic heterocycles. The number of carbonyl (C=O) groups is 3. The summed E-state index contributed by atoms with van der Waals surface area (Å²) in [7, 11) is 0. The van der Waals surface area contributed by atoms with Crippen LogP contribution in [0, 0.1) is 22.0 Å². The maximum Gasteiger partial charge on any atom is 0.282 e. The summed E-state index contributed by atoms with van der Waals surface area (Å²) in [5.74, 6) is -3.79. The molecular formula is C32H22BrN3O5. The van der Waals surface area contributed by atoms with E-state index in [1.165, 1.54) is 24.3 Å². The van der Waals surface area contributed by atoms with Crippen LogP contribution in [0.2, 0.25) is 0 Å². The molecule has 4 aromatic carbocycles. The van der Waals surface area contributed by atoms with Crippen LogP contribution in [0.25, 0.3) is 0 Å². The number of nitrogens with zero attached hydrogens (tertiary/aromatic N) is 3. The van der Waals surface area contributed by atoms with E-state index in [1.807, 2.05) is 48.5 Å². The Morgan fingerprint density at radius 2 is 1.22 bits per heavy atom. The highest BCUT2D eigenvalue weighted by atomic mass is 79.9. The van der Waals surface area contributed by atoms with E-state index in [9.17, 15) is 24.5 Å². The Balaban J connectivity index is 1.36. The first kappa shape index (κ1) is 25.3. The molecule has 0 unspecified atom stereocenters. The minimum Gasteiger partial charge on any atom is -0.272 e. The molecule has 0 N–H and O–H groups in total. The monoisotopic (exact) mass is 607 g/mol. The van der Waals surface area contributed by atoms with E-state index in [0.717, 1.165) is 36.7 Å². The Kier molecular flexibility index (Phi) is 5.86. The van der Waals surface area contributed by atoms with Gasteiger partial charge in [-0.15, -0.1) is 0 Å². The van der Waals surface area contributed by atoms with Crippen molar-refractivity contribution in [3.8, 4) is 0 Å². The van der Waals surface area contributed by atoms with Crippen molar-refractivity contribution < 1.29 is 19.3 Å². The molecule has 41 heavy (non-hydrogen) atoms. The van der Waals surface area contributed by atoms with Crippen LogP contribution in [-0.4, -0.2) is 32.7 Å². The van der Waals surface area contributed by atoms with Crippen molar-refractivity contribution in [3.63, 3.8) is 0 Å². The summed E-state index contributed by atoms with van der Waals surface area (Å²) in [4.78, 5) is 54.0. The van der Waals surface area contributed by atoms with E-state index in [1.54, 1.807) is 24.3 Å². The highest BCUT2D eigenvalue weighted by Gasteiger charge is 2.63. The number of halogens is 1. The average molecular weight is 608 g/mol. The average Bonchev–Trinajstić information content (AvgIpc) is 3.26. The number of carbonyl (C=O) groups excluding carboxylic acids is 3. The maximum absolute atomic E-state index is 14.4. The van der Waals surface area contributed by atoms with Gasteiger partial charge in [-0.1, -0.05) is 88.7 Å². The quantitative estimate of drug-likeness (QED) is 0.162. The van der Waals surface area contributed by atoms with Crippen LogP contribution < -0.4 is 0 Å². The predicted octanol–water partition coefficient (Wildman–Crippen LogP) is 5.81. The van der Waals surface area contributed by atoms with Gasteiger partial charge in [0.05, 0.1) is 23.3 Å². The fourth-order valence-corrected chi connectivity index (χ4v) is 7.11. The summed E-state index contributed by atoms with van der Waals surface area (Å²) in [5, 5.41) is 13.9. The lowest BCUT2D eigenvalue weighted by molar-refractivity contribution is -0.385. The molecule has 0 radical (unpaired) electrons. The summed E-state index contributed by atoms with van der Waals surface area (Å²) in [6, 6.07) is 28.5. The number of rotatable bonds is 5. The molecule has 202 valence electrons. The molecule has 0 spiro atoms. The van der Waals surface area contributed by atoms with Gasteiger partial charge in [-0.2, -0.15) is 5.01 Å². The molecule has 9 heteroatoms. The molecule has 1 aliphatic heterocycles. The molecule has 2 atom stereocenters. The lowest BCUT2D eigenvalue weighted by atomic mass is 9.55. The van der Waals surface area contributed by atoms with Crippen molar-refractivity contribution in [2.24, 2.45) is 11.8 Å². The van der Waals surface area contributed by atoms with Crippen molar-refractivity contribution in [1.29, 1.82) is 0 Å². The number of nitro groups is 1. The Morgan fingerprint density at radius 1 is 0.756 bits per heavy atom. The second-order valence-electron chi connectivity index (χ2n) is 10.5. The van der Waals surface area contributed by atoms with Gasteiger partial charge < -0.3 is 0 Å². The van der Waals surface area contributed by atoms with Crippen LogP contribution in [0.4, 0.5) is 5.69 Å². The van der Waals surface area contributed by atoms with Gasteiger partial charge in [-0.05, 0) is 46.0 Å². The van der Waals surface area contributed by atoms with Crippen LogP contribution >= 0.6 is 15.9 Å². The highest BCUT2D eigenvalue weighted by molar-refractivity contribution is 9.10. The summed E-state index contributed by atoms with van der Waals surface area (Å²) in [6.45, 7) is -0.121. The third-order valence-electron chi connectivity index (χ3n) is 8.48. The fraction of sp³-hybridized carbons (Fsp3) is 0.156. The molecule has 8 rings (SSSR count). The maximum atomic E-state index is 14.4. The second-order valence-corrected chi connectivity index (χ2v) is 11.4. The van der Waals surface area contributed by atoms with Crippen molar-refractivity contribution in [3.05, 3.63) is 145 Å². The topological polar surface area (TPSA) is 101 Å². The highest BCUT2D eigenvalue weighted by Crippen LogP contribution is 2.61. The lowest BCUT2D eigenvalue weighted by Crippen LogP contribution is -2.50. The molecule has 4 aromatic rings. The van der Waals surface area contributed by atoms with Gasteiger partial charge >= 0.3 is 0 Å². The van der Waals surface area contributed by atoms with Gasteiger partial charge in [0, 0.05) is 22.4 Å². The molecule has 2 bridgehead atoms. The van der Waals surface area contributed by atoms with Crippen LogP contribution in [0.3, 0.4) is 0 Å². The second kappa shape index (κ2) is 9.49. The molecule has 3 aliphatic carbocycles. The van der Waals surface area contributed by atoms with E-state index >= 15 is 0 Å². The number of hydrazine groups is 1. The largest absolute Gasteiger partial charge is 0.282 e. The summed E-state index contributed by atoms with van der Waals surface area (Å²) < 4.78 is 0.823. The number of para-hydroxylation sites is 1. The van der Waals surface area contributed by atoms with Gasteiger partial charge in [0.15, 0.2) is 0 Å². The minimum atomic E-state index is -0.789. The van der Waals surface area contributed by atoms with Crippen molar-refractivity contribution in [2.75, 3.05) is 0 Å². The van der Waals surface area contributed by atoms with Gasteiger partial charge in [-0.3, -0.25) is 24.5 Å². The van der Waals surface area contributed by atoms with E-state index in [0.29, 0.717) is 5.56 Å². The lowest BCUT2D eigenvalue weighted by Gasteiger charge is -2.45. The first-order chi connectivity index (χ1) is 19.9. The van der Waals surface area contributed by atoms with Gasteiger partial charge in [0.1, 0.15) is 5.56 Å². The van der Waals surface area contributed by atoms with Crippen LogP contribution in [0.15, 0.2) is 102 Å². The van der Waals surface area contributed by atoms with Crippen molar-refractivity contribution in [1.82, 2.24) is 10.0 Å². The predicted molar refractivity (Wildman–Crippen MR) is 153 cm³/mol. The molecule has 4 aliphatic rings.